The molecule has 6 aromatic carbocycles. The van der Waals surface area contributed by atoms with E-state index in [9.17, 15) is 0 Å². The van der Waals surface area contributed by atoms with Crippen LogP contribution in [0, 0.1) is 0 Å². The van der Waals surface area contributed by atoms with Gasteiger partial charge in [0.2, 0.25) is 6.29 Å². The lowest BCUT2D eigenvalue weighted by Gasteiger charge is -2.45. The van der Waals surface area contributed by atoms with E-state index >= 15 is 0 Å². The van der Waals surface area contributed by atoms with Gasteiger partial charge in [-0.25, -0.2) is 0 Å². The third kappa shape index (κ3) is 8.98. The van der Waals surface area contributed by atoms with Gasteiger partial charge in [0.15, 0.2) is 0 Å². The summed E-state index contributed by atoms with van der Waals surface area (Å²) in [4.78, 5) is 1.09. The monoisotopic (exact) mass is 668 g/mol. The van der Waals surface area contributed by atoms with Crippen LogP contribution < -0.4 is 4.74 Å². The predicted octanol–water partition coefficient (Wildman–Crippen LogP) is 9.49. The van der Waals surface area contributed by atoms with Crippen LogP contribution >= 0.6 is 11.8 Å². The Morgan fingerprint density at radius 2 is 1.04 bits per heavy atom. The highest BCUT2D eigenvalue weighted by molar-refractivity contribution is 8.00. The molecule has 1 aliphatic rings. The smallest absolute Gasteiger partial charge is 0.215 e. The zero-order valence-corrected chi connectivity index (χ0v) is 28.1. The van der Waals surface area contributed by atoms with Crippen molar-refractivity contribution >= 4 is 22.5 Å². The van der Waals surface area contributed by atoms with E-state index in [-0.39, 0.29) is 5.25 Å². The molecule has 0 bridgehead atoms. The summed E-state index contributed by atoms with van der Waals surface area (Å²) in [5, 5.41) is 1.98. The quantitative estimate of drug-likeness (QED) is 0.115. The lowest BCUT2D eigenvalue weighted by Crippen LogP contribution is -2.60. The first kappa shape index (κ1) is 33.1. The molecule has 6 heteroatoms. The van der Waals surface area contributed by atoms with Gasteiger partial charge in [-0.3, -0.25) is 0 Å². The summed E-state index contributed by atoms with van der Waals surface area (Å²) in [7, 11) is 0. The van der Waals surface area contributed by atoms with Crippen LogP contribution in [0.25, 0.3) is 10.8 Å². The van der Waals surface area contributed by atoms with Crippen LogP contribution in [0.15, 0.2) is 169 Å². The third-order valence-electron chi connectivity index (χ3n) is 8.54. The molecule has 0 saturated carbocycles. The molecule has 1 aliphatic heterocycles. The molecule has 248 valence electrons. The fraction of sp³-hybridized carbons (Fsp3) is 0.209. The van der Waals surface area contributed by atoms with E-state index in [1.54, 1.807) is 11.8 Å². The average molecular weight is 669 g/mol. The Labute approximate surface area is 292 Å². The van der Waals surface area contributed by atoms with Crippen molar-refractivity contribution in [1.29, 1.82) is 0 Å². The van der Waals surface area contributed by atoms with Crippen LogP contribution in [0.3, 0.4) is 0 Å². The number of rotatable bonds is 14. The Balaban J connectivity index is 1.23. The number of hydrogen-bond donors (Lipinski definition) is 0. The van der Waals surface area contributed by atoms with Gasteiger partial charge in [0, 0.05) is 4.90 Å². The molecule has 0 amide bonds. The predicted molar refractivity (Wildman–Crippen MR) is 195 cm³/mol. The molecule has 7 rings (SSSR count). The maximum absolute atomic E-state index is 6.94. The molecule has 5 atom stereocenters. The largest absolute Gasteiger partial charge is 0.464 e. The average Bonchev–Trinajstić information content (AvgIpc) is 3.16. The highest BCUT2D eigenvalue weighted by atomic mass is 32.2. The second kappa shape index (κ2) is 16.8. The van der Waals surface area contributed by atoms with E-state index in [1.807, 2.05) is 78.9 Å². The van der Waals surface area contributed by atoms with Crippen LogP contribution in [0.5, 0.6) is 5.75 Å². The number of ether oxygens (including phenoxy) is 5. The van der Waals surface area contributed by atoms with Crippen molar-refractivity contribution in [1.82, 2.24) is 0 Å². The minimum Gasteiger partial charge on any atom is -0.464 e. The Hall–Kier alpha value is -4.43. The van der Waals surface area contributed by atoms with Gasteiger partial charge in [-0.1, -0.05) is 140 Å². The lowest BCUT2D eigenvalue weighted by molar-refractivity contribution is -0.253. The second-order valence-electron chi connectivity index (χ2n) is 12.1. The van der Waals surface area contributed by atoms with Crippen LogP contribution in [-0.4, -0.2) is 36.5 Å². The van der Waals surface area contributed by atoms with Gasteiger partial charge >= 0.3 is 0 Å². The summed E-state index contributed by atoms with van der Waals surface area (Å²) in [5.74, 6) is 0.733. The highest BCUT2D eigenvalue weighted by Crippen LogP contribution is 2.39. The maximum Gasteiger partial charge on any atom is 0.215 e. The summed E-state index contributed by atoms with van der Waals surface area (Å²) in [6.45, 7) is 1.59. The zero-order chi connectivity index (χ0) is 33.1. The van der Waals surface area contributed by atoms with E-state index < -0.39 is 24.6 Å². The number of fused-ring (bicyclic) bond motifs is 1. The summed E-state index contributed by atoms with van der Waals surface area (Å²) in [6, 6.07) is 55.5. The minimum atomic E-state index is -0.658. The van der Waals surface area contributed by atoms with E-state index in [2.05, 4.69) is 84.9 Å². The molecule has 0 aliphatic carbocycles. The number of hydrogen-bond acceptors (Lipinski definition) is 6. The summed E-state index contributed by atoms with van der Waals surface area (Å²) < 4.78 is 33.8. The fourth-order valence-corrected chi connectivity index (χ4v) is 7.28. The normalized spacial score (nSPS) is 20.6. The van der Waals surface area contributed by atoms with Crippen molar-refractivity contribution in [2.75, 3.05) is 6.61 Å². The number of thioether (sulfide) groups is 1. The zero-order valence-electron chi connectivity index (χ0n) is 27.3. The summed E-state index contributed by atoms with van der Waals surface area (Å²) in [6.07, 6.45) is -1.98. The standard InChI is InChI=1S/C43H40O5S/c1-5-15-32(16-6-1)28-44-31-39-40(45-29-33-17-7-2-8-18-33)41(46-30-34-19-9-3-10-20-34)42(49-38-23-11-4-12-24-38)43(48-39)47-37-26-25-35-21-13-14-22-36(35)27-37/h1-27,39-43H,28-31H2/t39-,40-,41+,42-,43-/m1/s1. The summed E-state index contributed by atoms with van der Waals surface area (Å²) in [5.41, 5.74) is 3.26. The molecule has 0 aromatic heterocycles. The Kier molecular flexibility index (Phi) is 11.3. The van der Waals surface area contributed by atoms with E-state index in [0.29, 0.717) is 26.4 Å². The lowest BCUT2D eigenvalue weighted by atomic mass is 10.00. The van der Waals surface area contributed by atoms with Crippen LogP contribution in [-0.2, 0) is 38.8 Å². The second-order valence-corrected chi connectivity index (χ2v) is 13.3. The van der Waals surface area contributed by atoms with Crippen molar-refractivity contribution in [3.63, 3.8) is 0 Å². The molecule has 49 heavy (non-hydrogen) atoms. The van der Waals surface area contributed by atoms with E-state index in [0.717, 1.165) is 38.1 Å². The molecule has 0 unspecified atom stereocenters. The summed E-state index contributed by atoms with van der Waals surface area (Å²) >= 11 is 1.69. The van der Waals surface area contributed by atoms with Crippen LogP contribution in [0.4, 0.5) is 0 Å². The molecular formula is C43H40O5S. The first-order valence-electron chi connectivity index (χ1n) is 16.7. The maximum atomic E-state index is 6.94. The molecule has 1 fully saturated rings. The first-order chi connectivity index (χ1) is 24.3. The molecule has 0 spiro atoms. The Morgan fingerprint density at radius 1 is 0.510 bits per heavy atom. The van der Waals surface area contributed by atoms with E-state index in [1.165, 1.54) is 0 Å². The van der Waals surface area contributed by atoms with Crippen molar-refractivity contribution in [2.24, 2.45) is 0 Å². The van der Waals surface area contributed by atoms with Crippen LogP contribution in [0.2, 0.25) is 0 Å². The fourth-order valence-electron chi connectivity index (χ4n) is 6.06. The highest BCUT2D eigenvalue weighted by Gasteiger charge is 2.49. The SMILES string of the molecule is c1ccc(COC[C@H]2O[C@@H](Oc3ccc4ccccc4c3)[C@H](Sc3ccccc3)[C@@H](OCc3ccccc3)[C@@H]2OCc2ccccc2)cc1. The van der Waals surface area contributed by atoms with E-state index in [4.69, 9.17) is 23.7 Å². The molecule has 0 radical (unpaired) electrons. The Bertz CT molecular complexity index is 1860. The molecule has 6 aromatic rings. The number of benzene rings is 6. The van der Waals surface area contributed by atoms with Crippen LogP contribution in [0.1, 0.15) is 16.7 Å². The van der Waals surface area contributed by atoms with Gasteiger partial charge < -0.3 is 23.7 Å². The van der Waals surface area contributed by atoms with Crippen molar-refractivity contribution in [3.8, 4) is 5.75 Å². The minimum absolute atomic E-state index is 0.274. The van der Waals surface area contributed by atoms with Gasteiger partial charge in [0.05, 0.1) is 26.4 Å². The first-order valence-corrected chi connectivity index (χ1v) is 17.6. The van der Waals surface area contributed by atoms with Gasteiger partial charge in [-0.05, 0) is 51.7 Å². The third-order valence-corrected chi connectivity index (χ3v) is 9.85. The molecular weight excluding hydrogens is 629 g/mol. The topological polar surface area (TPSA) is 46.2 Å². The molecule has 1 saturated heterocycles. The molecule has 0 N–H and O–H groups in total. The Morgan fingerprint density at radius 3 is 1.67 bits per heavy atom. The van der Waals surface area contributed by atoms with Crippen molar-refractivity contribution < 1.29 is 23.7 Å². The van der Waals surface area contributed by atoms with Gasteiger partial charge in [-0.15, -0.1) is 11.8 Å². The van der Waals surface area contributed by atoms with Crippen molar-refractivity contribution in [3.05, 3.63) is 180 Å². The van der Waals surface area contributed by atoms with Gasteiger partial charge in [-0.2, -0.15) is 0 Å². The molecule has 5 nitrogen and oxygen atoms in total. The van der Waals surface area contributed by atoms with Crippen molar-refractivity contribution in [2.45, 2.75) is 54.6 Å². The van der Waals surface area contributed by atoms with Gasteiger partial charge in [0.1, 0.15) is 29.3 Å². The molecule has 1 heterocycles. The van der Waals surface area contributed by atoms with Gasteiger partial charge in [0.25, 0.3) is 0 Å².